The molecule has 0 radical (unpaired) electrons. The highest BCUT2D eigenvalue weighted by Gasteiger charge is 2.29. The molecule has 1 saturated heterocycles. The molecule has 1 unspecified atom stereocenters. The monoisotopic (exact) mass is 451 g/mol. The summed E-state index contributed by atoms with van der Waals surface area (Å²) in [4.78, 5) is 19.3. The van der Waals surface area contributed by atoms with Gasteiger partial charge in [0.25, 0.3) is 5.91 Å². The summed E-state index contributed by atoms with van der Waals surface area (Å²) >= 11 is 0. The predicted octanol–water partition coefficient (Wildman–Crippen LogP) is 3.65. The minimum Gasteiger partial charge on any atom is -0.329 e. The fourth-order valence-electron chi connectivity index (χ4n) is 3.62. The maximum atomic E-state index is 13.7. The number of halogens is 3. The largest absolute Gasteiger partial charge is 0.329 e. The first-order valence-electron chi connectivity index (χ1n) is 9.30. The maximum Gasteiger partial charge on any atom is 0.256 e. The second kappa shape index (κ2) is 10.0. The van der Waals surface area contributed by atoms with Gasteiger partial charge in [-0.2, -0.15) is 5.10 Å². The first kappa shape index (κ1) is 23.8. The summed E-state index contributed by atoms with van der Waals surface area (Å²) in [7, 11) is 0. The SMILES string of the molecule is Cc1cc(C)n(-c2ccc(C(=O)N3CCNCC3c3cccc(F)c3)cn2)n1.Cl.Cl. The van der Waals surface area contributed by atoms with Gasteiger partial charge in [0.2, 0.25) is 0 Å². The molecule has 4 rings (SSSR count). The number of nitrogens with zero attached hydrogens (tertiary/aromatic N) is 4. The molecule has 3 aromatic rings. The van der Waals surface area contributed by atoms with Gasteiger partial charge in [0, 0.05) is 31.5 Å². The van der Waals surface area contributed by atoms with Crippen LogP contribution in [0, 0.1) is 19.7 Å². The van der Waals surface area contributed by atoms with Crippen molar-refractivity contribution >= 4 is 30.7 Å². The molecule has 1 fully saturated rings. The average Bonchev–Trinajstić information content (AvgIpc) is 3.05. The van der Waals surface area contributed by atoms with Crippen LogP contribution in [0.1, 0.15) is 33.4 Å². The third kappa shape index (κ3) is 4.80. The number of hydrogen-bond donors (Lipinski definition) is 1. The number of carbonyl (C=O) groups is 1. The second-order valence-corrected chi connectivity index (χ2v) is 7.02. The van der Waals surface area contributed by atoms with Crippen LogP contribution in [0.2, 0.25) is 0 Å². The molecule has 1 atom stereocenters. The van der Waals surface area contributed by atoms with Gasteiger partial charge in [-0.15, -0.1) is 24.8 Å². The third-order valence-electron chi connectivity index (χ3n) is 4.96. The molecule has 0 aliphatic carbocycles. The Morgan fingerprint density at radius 2 is 1.97 bits per heavy atom. The summed E-state index contributed by atoms with van der Waals surface area (Å²) < 4.78 is 15.4. The Kier molecular flexibility index (Phi) is 7.95. The number of benzene rings is 1. The zero-order valence-electron chi connectivity index (χ0n) is 16.7. The fraction of sp³-hybridized carbons (Fsp3) is 0.286. The Morgan fingerprint density at radius 3 is 2.60 bits per heavy atom. The van der Waals surface area contributed by atoms with E-state index in [1.807, 2.05) is 26.0 Å². The minimum absolute atomic E-state index is 0. The van der Waals surface area contributed by atoms with Crippen molar-refractivity contribution in [2.45, 2.75) is 19.9 Å². The Labute approximate surface area is 187 Å². The molecule has 30 heavy (non-hydrogen) atoms. The van der Waals surface area contributed by atoms with Gasteiger partial charge in [-0.1, -0.05) is 12.1 Å². The van der Waals surface area contributed by atoms with Crippen LogP contribution in [-0.2, 0) is 0 Å². The van der Waals surface area contributed by atoms with Crippen LogP contribution in [0.25, 0.3) is 5.82 Å². The molecule has 1 aliphatic heterocycles. The van der Waals surface area contributed by atoms with Crippen LogP contribution in [-0.4, -0.2) is 45.2 Å². The summed E-state index contributed by atoms with van der Waals surface area (Å²) in [5.41, 5.74) is 3.19. The van der Waals surface area contributed by atoms with Crippen LogP contribution in [0.4, 0.5) is 4.39 Å². The lowest BCUT2D eigenvalue weighted by Crippen LogP contribution is -2.48. The van der Waals surface area contributed by atoms with Crippen LogP contribution in [0.5, 0.6) is 0 Å². The molecular weight excluding hydrogens is 428 g/mol. The van der Waals surface area contributed by atoms with E-state index in [1.54, 1.807) is 34.0 Å². The quantitative estimate of drug-likeness (QED) is 0.659. The van der Waals surface area contributed by atoms with Crippen molar-refractivity contribution in [1.29, 1.82) is 0 Å². The zero-order chi connectivity index (χ0) is 19.7. The number of aromatic nitrogens is 3. The van der Waals surface area contributed by atoms with Gasteiger partial charge in [0.15, 0.2) is 5.82 Å². The lowest BCUT2D eigenvalue weighted by molar-refractivity contribution is 0.0633. The van der Waals surface area contributed by atoms with E-state index in [2.05, 4.69) is 15.4 Å². The Bertz CT molecular complexity index is 1010. The molecule has 1 aliphatic rings. The molecule has 6 nitrogen and oxygen atoms in total. The lowest BCUT2D eigenvalue weighted by Gasteiger charge is -2.36. The van der Waals surface area contributed by atoms with Gasteiger partial charge in [-0.25, -0.2) is 14.1 Å². The number of pyridine rings is 1. The molecule has 3 heterocycles. The average molecular weight is 452 g/mol. The van der Waals surface area contributed by atoms with E-state index in [1.165, 1.54) is 12.1 Å². The summed E-state index contributed by atoms with van der Waals surface area (Å²) in [5.74, 6) is 0.263. The highest BCUT2D eigenvalue weighted by atomic mass is 35.5. The number of rotatable bonds is 3. The minimum atomic E-state index is -0.300. The van der Waals surface area contributed by atoms with Gasteiger partial charge in [0.05, 0.1) is 17.3 Å². The number of nitrogens with one attached hydrogen (secondary N) is 1. The van der Waals surface area contributed by atoms with Gasteiger partial charge in [-0.3, -0.25) is 4.79 Å². The van der Waals surface area contributed by atoms with Crippen molar-refractivity contribution in [2.24, 2.45) is 0 Å². The van der Waals surface area contributed by atoms with Crippen LogP contribution in [0.3, 0.4) is 0 Å². The van der Waals surface area contributed by atoms with Crippen LogP contribution in [0.15, 0.2) is 48.7 Å². The summed E-state index contributed by atoms with van der Waals surface area (Å²) in [6.45, 7) is 5.74. The fourth-order valence-corrected chi connectivity index (χ4v) is 3.62. The van der Waals surface area contributed by atoms with E-state index in [0.29, 0.717) is 31.0 Å². The topological polar surface area (TPSA) is 63.1 Å². The number of carbonyl (C=O) groups excluding carboxylic acids is 1. The first-order valence-corrected chi connectivity index (χ1v) is 9.30. The van der Waals surface area contributed by atoms with E-state index < -0.39 is 0 Å². The van der Waals surface area contributed by atoms with Gasteiger partial charge < -0.3 is 10.2 Å². The Hall–Kier alpha value is -2.48. The molecule has 2 aromatic heterocycles. The van der Waals surface area contributed by atoms with E-state index in [4.69, 9.17) is 0 Å². The van der Waals surface area contributed by atoms with E-state index in [0.717, 1.165) is 17.0 Å². The van der Waals surface area contributed by atoms with E-state index >= 15 is 0 Å². The van der Waals surface area contributed by atoms with Crippen LogP contribution >= 0.6 is 24.8 Å². The van der Waals surface area contributed by atoms with Crippen molar-refractivity contribution < 1.29 is 9.18 Å². The number of amides is 1. The van der Waals surface area contributed by atoms with Gasteiger partial charge in [0.1, 0.15) is 5.82 Å². The van der Waals surface area contributed by atoms with Gasteiger partial charge in [-0.05, 0) is 49.7 Å². The summed E-state index contributed by atoms with van der Waals surface area (Å²) in [6, 6.07) is 11.8. The van der Waals surface area contributed by atoms with Gasteiger partial charge >= 0.3 is 0 Å². The zero-order valence-corrected chi connectivity index (χ0v) is 18.3. The predicted molar refractivity (Wildman–Crippen MR) is 118 cm³/mol. The molecule has 0 spiro atoms. The number of hydrogen-bond acceptors (Lipinski definition) is 4. The highest BCUT2D eigenvalue weighted by Crippen LogP contribution is 2.25. The molecule has 0 bridgehead atoms. The molecule has 1 aromatic carbocycles. The number of piperazine rings is 1. The van der Waals surface area contributed by atoms with Crippen molar-refractivity contribution in [3.05, 3.63) is 77.0 Å². The lowest BCUT2D eigenvalue weighted by atomic mass is 10.0. The molecule has 1 amide bonds. The van der Waals surface area contributed by atoms with E-state index in [9.17, 15) is 9.18 Å². The normalized spacial score (nSPS) is 15.8. The smallest absolute Gasteiger partial charge is 0.256 e. The number of aryl methyl sites for hydroxylation is 2. The second-order valence-electron chi connectivity index (χ2n) is 7.02. The molecule has 0 saturated carbocycles. The van der Waals surface area contributed by atoms with Crippen molar-refractivity contribution in [1.82, 2.24) is 25.0 Å². The highest BCUT2D eigenvalue weighted by molar-refractivity contribution is 5.94. The van der Waals surface area contributed by atoms with Crippen molar-refractivity contribution in [3.8, 4) is 5.82 Å². The van der Waals surface area contributed by atoms with E-state index in [-0.39, 0.29) is 42.6 Å². The molecule has 1 N–H and O–H groups in total. The maximum absolute atomic E-state index is 13.7. The first-order chi connectivity index (χ1) is 13.5. The Balaban J connectivity index is 0.00000160. The summed E-state index contributed by atoms with van der Waals surface area (Å²) in [6.07, 6.45) is 1.58. The van der Waals surface area contributed by atoms with Crippen molar-refractivity contribution in [3.63, 3.8) is 0 Å². The third-order valence-corrected chi connectivity index (χ3v) is 4.96. The standard InChI is InChI=1S/C21H22FN5O.2ClH/c1-14-10-15(2)27(25-14)20-7-6-17(12-24-20)21(28)26-9-8-23-13-19(26)16-4-3-5-18(22)11-16;;/h3-7,10-12,19,23H,8-9,13H2,1-2H3;2*1H. The molecular formula is C21H24Cl2FN5O. The van der Waals surface area contributed by atoms with Crippen molar-refractivity contribution in [2.75, 3.05) is 19.6 Å². The van der Waals surface area contributed by atoms with Crippen LogP contribution < -0.4 is 5.32 Å². The molecule has 9 heteroatoms. The summed E-state index contributed by atoms with van der Waals surface area (Å²) in [5, 5.41) is 7.70. The Morgan fingerprint density at radius 1 is 1.17 bits per heavy atom. The molecule has 160 valence electrons.